The Kier molecular flexibility index (Phi) is 2.69. The van der Waals surface area contributed by atoms with Crippen LogP contribution >= 0.6 is 0 Å². The van der Waals surface area contributed by atoms with Crippen LogP contribution in [0.2, 0.25) is 0 Å². The Balaban J connectivity index is 2.34. The average Bonchev–Trinajstić information content (AvgIpc) is 2.50. The summed E-state index contributed by atoms with van der Waals surface area (Å²) in [6.45, 7) is 6.84. The summed E-state index contributed by atoms with van der Waals surface area (Å²) < 4.78 is 1.87. The van der Waals surface area contributed by atoms with Gasteiger partial charge in [0.15, 0.2) is 0 Å². The molecule has 1 aromatic carbocycles. The van der Waals surface area contributed by atoms with Gasteiger partial charge in [-0.05, 0) is 31.9 Å². The monoisotopic (exact) mass is 215 g/mol. The van der Waals surface area contributed by atoms with Gasteiger partial charge in [0.05, 0.1) is 12.2 Å². The number of nitrogens with two attached hydrogens (primary N) is 1. The molecule has 2 rings (SSSR count). The molecule has 0 aliphatic carbocycles. The Bertz CT molecular complexity index is 512. The van der Waals surface area contributed by atoms with E-state index in [0.29, 0.717) is 0 Å². The molecular formula is C13H17N3. The Morgan fingerprint density at radius 1 is 1.19 bits per heavy atom. The van der Waals surface area contributed by atoms with Gasteiger partial charge in [-0.3, -0.25) is 0 Å². The van der Waals surface area contributed by atoms with E-state index in [1.54, 1.807) is 0 Å². The van der Waals surface area contributed by atoms with E-state index in [1.807, 2.05) is 30.7 Å². The second-order valence-corrected chi connectivity index (χ2v) is 4.18. The number of aryl methyl sites for hydroxylation is 2. The lowest BCUT2D eigenvalue weighted by Crippen LogP contribution is -2.07. The van der Waals surface area contributed by atoms with E-state index >= 15 is 0 Å². The number of hydrogen-bond donors (Lipinski definition) is 1. The molecule has 0 unspecified atom stereocenters. The SMILES string of the molecule is Cc1ccccc1Cn1nc(C)c(C)c1N. The van der Waals surface area contributed by atoms with Crippen molar-refractivity contribution < 1.29 is 0 Å². The maximum Gasteiger partial charge on any atom is 0.125 e. The van der Waals surface area contributed by atoms with Gasteiger partial charge in [0.1, 0.15) is 5.82 Å². The Morgan fingerprint density at radius 2 is 1.88 bits per heavy atom. The van der Waals surface area contributed by atoms with E-state index in [1.165, 1.54) is 11.1 Å². The highest BCUT2D eigenvalue weighted by atomic mass is 15.3. The van der Waals surface area contributed by atoms with Gasteiger partial charge in [-0.25, -0.2) is 4.68 Å². The largest absolute Gasteiger partial charge is 0.384 e. The van der Waals surface area contributed by atoms with Crippen molar-refractivity contribution in [2.75, 3.05) is 5.73 Å². The maximum absolute atomic E-state index is 6.00. The third kappa shape index (κ3) is 1.81. The first-order valence-corrected chi connectivity index (χ1v) is 5.43. The number of hydrogen-bond acceptors (Lipinski definition) is 2. The molecule has 3 nitrogen and oxygen atoms in total. The van der Waals surface area contributed by atoms with E-state index in [-0.39, 0.29) is 0 Å². The molecule has 0 fully saturated rings. The first-order valence-electron chi connectivity index (χ1n) is 5.43. The summed E-state index contributed by atoms with van der Waals surface area (Å²) in [4.78, 5) is 0. The van der Waals surface area contributed by atoms with Crippen LogP contribution in [0, 0.1) is 20.8 Å². The van der Waals surface area contributed by atoms with Crippen LogP contribution < -0.4 is 5.73 Å². The predicted octanol–water partition coefficient (Wildman–Crippen LogP) is 2.44. The molecule has 84 valence electrons. The number of nitrogen functional groups attached to an aromatic ring is 1. The zero-order valence-electron chi connectivity index (χ0n) is 9.99. The molecule has 16 heavy (non-hydrogen) atoms. The van der Waals surface area contributed by atoms with Gasteiger partial charge in [0, 0.05) is 5.56 Å². The van der Waals surface area contributed by atoms with Crippen molar-refractivity contribution >= 4 is 5.82 Å². The normalized spacial score (nSPS) is 10.7. The molecule has 0 aliphatic heterocycles. The minimum absolute atomic E-state index is 0.743. The summed E-state index contributed by atoms with van der Waals surface area (Å²) in [5.74, 6) is 0.765. The molecule has 0 saturated heterocycles. The molecule has 3 heteroatoms. The number of aromatic nitrogens is 2. The van der Waals surface area contributed by atoms with Crippen molar-refractivity contribution in [2.24, 2.45) is 0 Å². The lowest BCUT2D eigenvalue weighted by molar-refractivity contribution is 0.686. The molecule has 0 bridgehead atoms. The molecule has 1 heterocycles. The second-order valence-electron chi connectivity index (χ2n) is 4.18. The van der Waals surface area contributed by atoms with Crippen LogP contribution in [0.3, 0.4) is 0 Å². The predicted molar refractivity (Wildman–Crippen MR) is 66.4 cm³/mol. The number of benzene rings is 1. The van der Waals surface area contributed by atoms with Gasteiger partial charge in [0.25, 0.3) is 0 Å². The standard InChI is InChI=1S/C13H17N3/c1-9-6-4-5-7-12(9)8-16-13(14)10(2)11(3)15-16/h4-7H,8,14H2,1-3H3. The second kappa shape index (κ2) is 4.00. The lowest BCUT2D eigenvalue weighted by atomic mass is 10.1. The van der Waals surface area contributed by atoms with Gasteiger partial charge in [0.2, 0.25) is 0 Å². The summed E-state index contributed by atoms with van der Waals surface area (Å²) >= 11 is 0. The van der Waals surface area contributed by atoms with Crippen LogP contribution in [0.25, 0.3) is 0 Å². The third-order valence-corrected chi connectivity index (χ3v) is 3.06. The summed E-state index contributed by atoms with van der Waals surface area (Å²) in [6, 6.07) is 8.30. The summed E-state index contributed by atoms with van der Waals surface area (Å²) in [5.41, 5.74) is 10.6. The molecule has 0 amide bonds. The minimum atomic E-state index is 0.743. The molecule has 2 aromatic rings. The third-order valence-electron chi connectivity index (χ3n) is 3.06. The fourth-order valence-electron chi connectivity index (χ4n) is 1.76. The molecule has 0 saturated carbocycles. The first-order chi connectivity index (χ1) is 7.59. The highest BCUT2D eigenvalue weighted by Crippen LogP contribution is 2.17. The number of nitrogens with zero attached hydrogens (tertiary/aromatic N) is 2. The van der Waals surface area contributed by atoms with Crippen LogP contribution in [0.5, 0.6) is 0 Å². The summed E-state index contributed by atoms with van der Waals surface area (Å²) in [7, 11) is 0. The van der Waals surface area contributed by atoms with Gasteiger partial charge in [-0.1, -0.05) is 24.3 Å². The van der Waals surface area contributed by atoms with Crippen molar-refractivity contribution in [2.45, 2.75) is 27.3 Å². The van der Waals surface area contributed by atoms with E-state index < -0.39 is 0 Å². The smallest absolute Gasteiger partial charge is 0.125 e. The van der Waals surface area contributed by atoms with Gasteiger partial charge in [-0.15, -0.1) is 0 Å². The van der Waals surface area contributed by atoms with Crippen LogP contribution in [0.15, 0.2) is 24.3 Å². The van der Waals surface area contributed by atoms with E-state index in [0.717, 1.165) is 23.6 Å². The maximum atomic E-state index is 6.00. The van der Waals surface area contributed by atoms with Crippen molar-refractivity contribution in [1.29, 1.82) is 0 Å². The summed E-state index contributed by atoms with van der Waals surface area (Å²) in [6.07, 6.45) is 0. The van der Waals surface area contributed by atoms with Gasteiger partial charge in [-0.2, -0.15) is 5.10 Å². The molecule has 0 atom stereocenters. The topological polar surface area (TPSA) is 43.8 Å². The molecule has 2 N–H and O–H groups in total. The Morgan fingerprint density at radius 3 is 2.44 bits per heavy atom. The number of anilines is 1. The van der Waals surface area contributed by atoms with Crippen LogP contribution in [-0.2, 0) is 6.54 Å². The van der Waals surface area contributed by atoms with Crippen LogP contribution in [0.1, 0.15) is 22.4 Å². The lowest BCUT2D eigenvalue weighted by Gasteiger charge is -2.07. The van der Waals surface area contributed by atoms with E-state index in [9.17, 15) is 0 Å². The average molecular weight is 215 g/mol. The van der Waals surface area contributed by atoms with Crippen molar-refractivity contribution in [1.82, 2.24) is 9.78 Å². The van der Waals surface area contributed by atoms with Crippen LogP contribution in [-0.4, -0.2) is 9.78 Å². The quantitative estimate of drug-likeness (QED) is 0.836. The summed E-state index contributed by atoms with van der Waals surface area (Å²) in [5, 5.41) is 4.44. The molecule has 0 spiro atoms. The first kappa shape index (κ1) is 10.7. The highest BCUT2D eigenvalue weighted by Gasteiger charge is 2.08. The van der Waals surface area contributed by atoms with E-state index in [4.69, 9.17) is 5.73 Å². The van der Waals surface area contributed by atoms with E-state index in [2.05, 4.69) is 24.2 Å². The minimum Gasteiger partial charge on any atom is -0.384 e. The Hall–Kier alpha value is -1.77. The van der Waals surface area contributed by atoms with Crippen molar-refractivity contribution in [3.05, 3.63) is 46.6 Å². The fourth-order valence-corrected chi connectivity index (χ4v) is 1.76. The fraction of sp³-hybridized carbons (Fsp3) is 0.308. The highest BCUT2D eigenvalue weighted by molar-refractivity contribution is 5.42. The molecule has 0 radical (unpaired) electrons. The Labute approximate surface area is 95.9 Å². The zero-order chi connectivity index (χ0) is 11.7. The zero-order valence-corrected chi connectivity index (χ0v) is 9.99. The molecule has 0 aliphatic rings. The van der Waals surface area contributed by atoms with Gasteiger partial charge >= 0.3 is 0 Å². The van der Waals surface area contributed by atoms with Crippen molar-refractivity contribution in [3.8, 4) is 0 Å². The molecule has 1 aromatic heterocycles. The van der Waals surface area contributed by atoms with Gasteiger partial charge < -0.3 is 5.73 Å². The number of rotatable bonds is 2. The van der Waals surface area contributed by atoms with Crippen LogP contribution in [0.4, 0.5) is 5.82 Å². The molecular weight excluding hydrogens is 198 g/mol. The van der Waals surface area contributed by atoms with Crippen molar-refractivity contribution in [3.63, 3.8) is 0 Å².